The number of rotatable bonds is 20. The Kier molecular flexibility index (Phi) is 30.2. The van der Waals surface area contributed by atoms with E-state index in [4.69, 9.17) is 95.0 Å². The molecule has 0 spiro atoms. The van der Waals surface area contributed by atoms with Gasteiger partial charge in [-0.05, 0) is 269 Å². The number of fused-ring (bicyclic) bond motifs is 3. The monoisotopic (exact) mass is 1800 g/mol. The van der Waals surface area contributed by atoms with Crippen LogP contribution in [0.5, 0.6) is 0 Å². The van der Waals surface area contributed by atoms with Crippen molar-refractivity contribution in [1.82, 2.24) is 64.9 Å². The van der Waals surface area contributed by atoms with Crippen LogP contribution in [0.3, 0.4) is 0 Å². The first kappa shape index (κ1) is 93.3. The summed E-state index contributed by atoms with van der Waals surface area (Å²) in [5, 5.41) is 17.8. The van der Waals surface area contributed by atoms with Crippen molar-refractivity contribution in [3.63, 3.8) is 0 Å². The number of benzene rings is 6. The Bertz CT molecular complexity index is 5750. The van der Waals surface area contributed by atoms with Crippen molar-refractivity contribution in [2.24, 2.45) is 0 Å². The summed E-state index contributed by atoms with van der Waals surface area (Å²) in [6.07, 6.45) is 5.61. The molecule has 650 valence electrons. The minimum Gasteiger partial charge on any atom is -0.479 e. The first-order chi connectivity index (χ1) is 58.2. The van der Waals surface area contributed by atoms with Gasteiger partial charge < -0.3 is 58.6 Å². The highest BCUT2D eigenvalue weighted by Gasteiger charge is 2.38. The predicted molar refractivity (Wildman–Crippen MR) is 498 cm³/mol. The van der Waals surface area contributed by atoms with Gasteiger partial charge in [-0.1, -0.05) is 71.2 Å². The number of hydrogen-bond donors (Lipinski definition) is 2. The summed E-state index contributed by atoms with van der Waals surface area (Å²) in [5.41, 5.74) is 12.4. The number of carboxylic acids is 1. The highest BCUT2D eigenvalue weighted by molar-refractivity contribution is 7.23. The molecule has 0 amide bonds. The Hall–Kier alpha value is -8.88. The van der Waals surface area contributed by atoms with Crippen LogP contribution in [0.1, 0.15) is 133 Å². The Morgan fingerprint density at radius 2 is 0.780 bits per heavy atom. The van der Waals surface area contributed by atoms with Gasteiger partial charge in [-0.3, -0.25) is 0 Å². The van der Waals surface area contributed by atoms with Gasteiger partial charge in [0.15, 0.2) is 18.3 Å². The predicted octanol–water partition coefficient (Wildman–Crippen LogP) is 20.0. The number of aliphatic carboxylic acids is 1. The molecule has 12 aromatic rings. The van der Waals surface area contributed by atoms with E-state index in [9.17, 15) is 19.5 Å². The standard InChI is InChI=1S/C31H36ClN5O3S.C30H34ClN5O3S.C25H23Cl2N3O3S.C6H14N2/c1-18-16-23-27(41-28(34-23)22-12-14-33-30(35-22)37-15-13-21(17-37)36(5)6)25(19-8-10-20(32)11-9-19)24(18)26(29(38)39-7)40-31(2,3)4;1-17-15-22-26(24(18-7-9-19(31)10-8-18)23(17)25(28(37)38)39-30(2,3)4)40-27(33-22)21-11-13-32-29(34-21)36-14-12-20(16-36)35(5)6;1-13-12-17-21(34-22(29-17)16-10-11-28-24(27)30-16)19(14-6-8-15(26)9-7-14)18(13)20(23(31)32-5)33-25(2,3)4;1-8(2)6-3-4-7-5-6/h8-12,14,16,21,26H,13,15,17H2,1-7H3;7-11,13,15,20,25H,12,14,16H2,1-6H3,(H,37,38);6-12,20H,1-5H3;6-7H,3-5H2,1-2H3/t21-,26-;20-,25-;20-;6-/m0000/s1. The van der Waals surface area contributed by atoms with E-state index in [1.807, 2.05) is 186 Å². The second-order valence-electron chi connectivity index (χ2n) is 34.3. The number of carbonyl (C=O) groups is 3. The van der Waals surface area contributed by atoms with E-state index < -0.39 is 53.0 Å². The first-order valence-corrected chi connectivity index (χ1v) is 44.6. The molecule has 0 unspecified atom stereocenters. The normalized spacial score (nSPS) is 16.4. The number of ether oxygens (including phenoxy) is 5. The van der Waals surface area contributed by atoms with Crippen molar-refractivity contribution in [3.05, 3.63) is 182 Å². The maximum atomic E-state index is 13.2. The number of aromatic nitrogens is 9. The third-order valence-corrected chi connectivity index (χ3v) is 25.4. The minimum absolute atomic E-state index is 0.149. The van der Waals surface area contributed by atoms with Crippen LogP contribution in [0, 0.1) is 20.8 Å². The average Bonchev–Trinajstić information content (AvgIpc) is 1.67. The summed E-state index contributed by atoms with van der Waals surface area (Å²) in [4.78, 5) is 91.9. The summed E-state index contributed by atoms with van der Waals surface area (Å²) in [6, 6.07) is 35.7. The molecule has 6 aromatic carbocycles. The number of methoxy groups -OCH3 is 2. The van der Waals surface area contributed by atoms with Gasteiger partial charge in [0, 0.05) is 118 Å². The summed E-state index contributed by atoms with van der Waals surface area (Å²) in [5.74, 6) is -0.561. The summed E-state index contributed by atoms with van der Waals surface area (Å²) < 4.78 is 31.8. The second-order valence-corrected chi connectivity index (χ2v) is 38.9. The largest absolute Gasteiger partial charge is 0.479 e. The zero-order valence-corrected chi connectivity index (χ0v) is 78.6. The Morgan fingerprint density at radius 3 is 1.07 bits per heavy atom. The number of esters is 2. The molecule has 0 saturated carbocycles. The molecule has 0 radical (unpaired) electrons. The van der Waals surface area contributed by atoms with Crippen LogP contribution in [-0.4, -0.2) is 213 Å². The molecular formula is C92H107Cl4N15O9S3. The highest BCUT2D eigenvalue weighted by atomic mass is 35.5. The number of hydrogen-bond acceptors (Lipinski definition) is 26. The number of nitrogens with zero attached hydrogens (tertiary/aromatic N) is 14. The first-order valence-electron chi connectivity index (χ1n) is 40.6. The van der Waals surface area contributed by atoms with Crippen LogP contribution >= 0.6 is 80.4 Å². The van der Waals surface area contributed by atoms with Gasteiger partial charge >= 0.3 is 17.9 Å². The van der Waals surface area contributed by atoms with Gasteiger partial charge in [0.25, 0.3) is 0 Å². The molecule has 2 N–H and O–H groups in total. The van der Waals surface area contributed by atoms with E-state index in [0.29, 0.717) is 55.3 Å². The van der Waals surface area contributed by atoms with Crippen LogP contribution in [0.15, 0.2) is 128 Å². The molecular weight excluding hydrogens is 1700 g/mol. The molecule has 3 fully saturated rings. The number of likely N-dealkylation sites (N-methyl/N-ethyl adjacent to an activating group) is 3. The second kappa shape index (κ2) is 39.8. The fourth-order valence-corrected chi connectivity index (χ4v) is 18.9. The van der Waals surface area contributed by atoms with Crippen molar-refractivity contribution in [3.8, 4) is 65.5 Å². The van der Waals surface area contributed by atoms with Crippen LogP contribution in [0.2, 0.25) is 20.4 Å². The summed E-state index contributed by atoms with van der Waals surface area (Å²) in [7, 11) is 15.4. The van der Waals surface area contributed by atoms with Crippen LogP contribution in [-0.2, 0) is 38.1 Å². The smallest absolute Gasteiger partial charge is 0.339 e. The minimum atomic E-state index is -1.16. The zero-order valence-electron chi connectivity index (χ0n) is 73.2. The topological polar surface area (TPSA) is 262 Å². The molecule has 24 nitrogen and oxygen atoms in total. The van der Waals surface area contributed by atoms with Crippen molar-refractivity contribution in [1.29, 1.82) is 0 Å². The number of aryl methyl sites for hydroxylation is 3. The maximum absolute atomic E-state index is 13.2. The Balaban J connectivity index is 0.000000161. The van der Waals surface area contributed by atoms with E-state index >= 15 is 0 Å². The molecule has 3 aliphatic rings. The van der Waals surface area contributed by atoms with E-state index in [1.165, 1.54) is 56.4 Å². The zero-order chi connectivity index (χ0) is 88.8. The van der Waals surface area contributed by atoms with Gasteiger partial charge in [-0.25, -0.2) is 59.2 Å². The van der Waals surface area contributed by atoms with Crippen LogP contribution < -0.4 is 15.1 Å². The SMILES string of the molecule is CN(C)[C@H]1CCNC1.COC(=O)[C@@H](OC(C)(C)C)c1c(C)cc2nc(-c3ccnc(Cl)n3)sc2c1-c1ccc(Cl)cc1.COC(=O)[C@@H](OC(C)(C)C)c1c(C)cc2nc(-c3ccnc(N4CC[C@H](N(C)C)C4)n3)sc2c1-c1ccc(Cl)cc1.Cc1cc2nc(-c3ccnc(N4CC[C@H](N(C)C)C4)n3)sc2c(-c2ccc(Cl)cc2)c1[C@H](OC(C)(C)C)C(=O)O. The fourth-order valence-electron chi connectivity index (χ4n) is 15.1. The number of carboxylic acid groups (broad SMARTS) is 1. The molecule has 6 atom stereocenters. The van der Waals surface area contributed by atoms with Crippen molar-refractivity contribution in [2.45, 2.75) is 156 Å². The maximum Gasteiger partial charge on any atom is 0.339 e. The number of halogens is 4. The lowest BCUT2D eigenvalue weighted by Gasteiger charge is -2.29. The molecule has 3 saturated heterocycles. The Morgan fingerprint density at radius 1 is 0.455 bits per heavy atom. The van der Waals surface area contributed by atoms with E-state index in [1.54, 1.807) is 36.0 Å². The highest BCUT2D eigenvalue weighted by Crippen LogP contribution is 2.49. The summed E-state index contributed by atoms with van der Waals surface area (Å²) >= 11 is 29.2. The lowest BCUT2D eigenvalue weighted by Crippen LogP contribution is -2.32. The van der Waals surface area contributed by atoms with Crippen molar-refractivity contribution >= 4 is 141 Å². The molecule has 123 heavy (non-hydrogen) atoms. The quantitative estimate of drug-likeness (QED) is 0.0530. The lowest BCUT2D eigenvalue weighted by atomic mass is 9.91. The third-order valence-electron chi connectivity index (χ3n) is 21.1. The average molecular weight is 1800 g/mol. The van der Waals surface area contributed by atoms with Crippen LogP contribution in [0.25, 0.3) is 96.1 Å². The molecule has 15 rings (SSSR count). The molecule has 0 bridgehead atoms. The molecule has 9 heterocycles. The van der Waals surface area contributed by atoms with Crippen LogP contribution in [0.4, 0.5) is 11.9 Å². The van der Waals surface area contributed by atoms with Crippen molar-refractivity contribution in [2.75, 3.05) is 106 Å². The number of thiazole rings is 3. The fraction of sp³-hybridized carbons (Fsp3) is 0.413. The number of anilines is 2. The number of carbonyl (C=O) groups excluding carboxylic acids is 2. The third kappa shape index (κ3) is 22.9. The van der Waals surface area contributed by atoms with Gasteiger partial charge in [-0.15, -0.1) is 34.0 Å². The van der Waals surface area contributed by atoms with Crippen molar-refractivity contribution < 1.29 is 43.2 Å². The summed E-state index contributed by atoms with van der Waals surface area (Å²) in [6.45, 7) is 28.9. The van der Waals surface area contributed by atoms with E-state index in [2.05, 4.69) is 92.0 Å². The molecule has 6 aromatic heterocycles. The van der Waals surface area contributed by atoms with E-state index in [-0.39, 0.29) is 5.28 Å². The molecule has 3 aliphatic heterocycles. The van der Waals surface area contributed by atoms with E-state index in [0.717, 1.165) is 158 Å². The Labute approximate surface area is 751 Å². The molecule has 31 heteroatoms. The van der Waals surface area contributed by atoms with Gasteiger partial charge in [0.2, 0.25) is 17.2 Å². The lowest BCUT2D eigenvalue weighted by molar-refractivity contribution is -0.164. The van der Waals surface area contributed by atoms with Gasteiger partial charge in [0.05, 0.1) is 61.7 Å². The number of nitrogens with one attached hydrogen (secondary N) is 1. The van der Waals surface area contributed by atoms with Gasteiger partial charge in [-0.2, -0.15) is 0 Å². The molecule has 0 aliphatic carbocycles. The van der Waals surface area contributed by atoms with Gasteiger partial charge in [0.1, 0.15) is 32.1 Å².